The smallest absolute Gasteiger partial charge is 0.0738 e. The Morgan fingerprint density at radius 2 is 2.11 bits per heavy atom. The first-order valence-electron chi connectivity index (χ1n) is 6.85. The standard InChI is InChI=1S/C14H24BrN3/c1-10(2)16-9-14(6-5-7-14)8-12-13(15)11(3)17-18(12)4/h10,16H,5-9H2,1-4H3. The van der Waals surface area contributed by atoms with Crippen molar-refractivity contribution in [3.63, 3.8) is 0 Å². The highest BCUT2D eigenvalue weighted by Crippen LogP contribution is 2.44. The summed E-state index contributed by atoms with van der Waals surface area (Å²) in [4.78, 5) is 0. The summed E-state index contributed by atoms with van der Waals surface area (Å²) in [5, 5.41) is 8.11. The van der Waals surface area contributed by atoms with E-state index in [1.165, 1.54) is 29.4 Å². The minimum Gasteiger partial charge on any atom is -0.314 e. The molecule has 102 valence electrons. The number of aromatic nitrogens is 2. The van der Waals surface area contributed by atoms with Gasteiger partial charge in [-0.25, -0.2) is 0 Å². The molecule has 0 bridgehead atoms. The van der Waals surface area contributed by atoms with Crippen LogP contribution in [0.5, 0.6) is 0 Å². The number of nitrogens with one attached hydrogen (secondary N) is 1. The van der Waals surface area contributed by atoms with Crippen molar-refractivity contribution in [1.82, 2.24) is 15.1 Å². The van der Waals surface area contributed by atoms with Crippen LogP contribution >= 0.6 is 15.9 Å². The van der Waals surface area contributed by atoms with E-state index in [0.29, 0.717) is 11.5 Å². The van der Waals surface area contributed by atoms with E-state index in [4.69, 9.17) is 0 Å². The first kappa shape index (κ1) is 14.1. The van der Waals surface area contributed by atoms with E-state index in [9.17, 15) is 0 Å². The van der Waals surface area contributed by atoms with Gasteiger partial charge in [0.1, 0.15) is 0 Å². The summed E-state index contributed by atoms with van der Waals surface area (Å²) in [5.41, 5.74) is 2.89. The highest BCUT2D eigenvalue weighted by atomic mass is 79.9. The molecule has 0 unspecified atom stereocenters. The van der Waals surface area contributed by atoms with Crippen LogP contribution in [-0.2, 0) is 13.5 Å². The molecule has 1 aromatic heterocycles. The number of hydrogen-bond acceptors (Lipinski definition) is 2. The Labute approximate surface area is 118 Å². The van der Waals surface area contributed by atoms with Gasteiger partial charge in [-0.15, -0.1) is 0 Å². The second-order valence-electron chi connectivity index (χ2n) is 6.04. The Hall–Kier alpha value is -0.350. The molecule has 18 heavy (non-hydrogen) atoms. The molecule has 1 aliphatic rings. The van der Waals surface area contributed by atoms with Gasteiger partial charge in [-0.3, -0.25) is 4.68 Å². The maximum atomic E-state index is 4.50. The largest absolute Gasteiger partial charge is 0.314 e. The third-order valence-electron chi connectivity index (χ3n) is 4.10. The fourth-order valence-electron chi connectivity index (χ4n) is 2.74. The predicted molar refractivity (Wildman–Crippen MR) is 78.8 cm³/mol. The van der Waals surface area contributed by atoms with Crippen LogP contribution in [-0.4, -0.2) is 22.4 Å². The number of aryl methyl sites for hydroxylation is 2. The second-order valence-corrected chi connectivity index (χ2v) is 6.83. The normalized spacial score (nSPS) is 18.1. The lowest BCUT2D eigenvalue weighted by Crippen LogP contribution is -2.44. The Morgan fingerprint density at radius 3 is 2.50 bits per heavy atom. The lowest BCUT2D eigenvalue weighted by molar-refractivity contribution is 0.123. The SMILES string of the molecule is Cc1nn(C)c(CC2(CNC(C)C)CCC2)c1Br. The number of rotatable bonds is 5. The zero-order valence-electron chi connectivity index (χ0n) is 11.9. The zero-order valence-corrected chi connectivity index (χ0v) is 13.5. The topological polar surface area (TPSA) is 29.9 Å². The quantitative estimate of drug-likeness (QED) is 0.904. The van der Waals surface area contributed by atoms with Crippen molar-refractivity contribution in [3.05, 3.63) is 15.9 Å². The molecule has 0 amide bonds. The van der Waals surface area contributed by atoms with Gasteiger partial charge in [-0.1, -0.05) is 20.3 Å². The van der Waals surface area contributed by atoms with Gasteiger partial charge in [0.15, 0.2) is 0 Å². The number of nitrogens with zero attached hydrogens (tertiary/aromatic N) is 2. The molecule has 0 atom stereocenters. The van der Waals surface area contributed by atoms with Crippen LogP contribution in [0.15, 0.2) is 4.47 Å². The van der Waals surface area contributed by atoms with Crippen molar-refractivity contribution in [1.29, 1.82) is 0 Å². The number of hydrogen-bond donors (Lipinski definition) is 1. The van der Waals surface area contributed by atoms with E-state index in [2.05, 4.69) is 54.2 Å². The summed E-state index contributed by atoms with van der Waals surface area (Å²) >= 11 is 3.68. The molecule has 1 heterocycles. The fourth-order valence-corrected chi connectivity index (χ4v) is 3.22. The van der Waals surface area contributed by atoms with E-state index in [1.54, 1.807) is 0 Å². The highest BCUT2D eigenvalue weighted by Gasteiger charge is 2.38. The van der Waals surface area contributed by atoms with E-state index < -0.39 is 0 Å². The van der Waals surface area contributed by atoms with Crippen LogP contribution in [0.3, 0.4) is 0 Å². The van der Waals surface area contributed by atoms with Gasteiger partial charge in [0.05, 0.1) is 15.9 Å². The maximum absolute atomic E-state index is 4.50. The van der Waals surface area contributed by atoms with Crippen molar-refractivity contribution in [2.24, 2.45) is 12.5 Å². The van der Waals surface area contributed by atoms with Crippen molar-refractivity contribution in [2.75, 3.05) is 6.54 Å². The molecule has 1 N–H and O–H groups in total. The lowest BCUT2D eigenvalue weighted by atomic mass is 9.66. The van der Waals surface area contributed by atoms with Gasteiger partial charge in [0.2, 0.25) is 0 Å². The summed E-state index contributed by atoms with van der Waals surface area (Å²) in [5.74, 6) is 0. The molecule has 4 heteroatoms. The summed E-state index contributed by atoms with van der Waals surface area (Å²) in [6.45, 7) is 7.63. The molecule has 1 aliphatic carbocycles. The van der Waals surface area contributed by atoms with Crippen LogP contribution in [0.25, 0.3) is 0 Å². The van der Waals surface area contributed by atoms with Crippen LogP contribution < -0.4 is 5.32 Å². The summed E-state index contributed by atoms with van der Waals surface area (Å²) in [7, 11) is 2.05. The second kappa shape index (κ2) is 5.33. The Morgan fingerprint density at radius 1 is 1.44 bits per heavy atom. The molecule has 0 spiro atoms. The summed E-state index contributed by atoms with van der Waals surface area (Å²) in [6, 6.07) is 0.569. The van der Waals surface area contributed by atoms with Gasteiger partial charge in [-0.05, 0) is 47.5 Å². The molecular weight excluding hydrogens is 290 g/mol. The Kier molecular flexibility index (Phi) is 4.17. The van der Waals surface area contributed by atoms with Crippen molar-refractivity contribution in [2.45, 2.75) is 52.5 Å². The Bertz CT molecular complexity index is 419. The van der Waals surface area contributed by atoms with Gasteiger partial charge in [0.25, 0.3) is 0 Å². The first-order chi connectivity index (χ1) is 8.43. The van der Waals surface area contributed by atoms with Crippen molar-refractivity contribution >= 4 is 15.9 Å². The van der Waals surface area contributed by atoms with Gasteiger partial charge >= 0.3 is 0 Å². The molecule has 1 saturated carbocycles. The summed E-state index contributed by atoms with van der Waals surface area (Å²) in [6.07, 6.45) is 5.17. The molecule has 3 nitrogen and oxygen atoms in total. The van der Waals surface area contributed by atoms with Crippen LogP contribution in [0, 0.1) is 12.3 Å². The molecule has 1 aromatic rings. The third-order valence-corrected chi connectivity index (χ3v) is 5.14. The van der Waals surface area contributed by atoms with Gasteiger partial charge < -0.3 is 5.32 Å². The zero-order chi connectivity index (χ0) is 13.3. The van der Waals surface area contributed by atoms with Crippen LogP contribution in [0.1, 0.15) is 44.5 Å². The Balaban J connectivity index is 2.10. The van der Waals surface area contributed by atoms with Crippen LogP contribution in [0.2, 0.25) is 0 Å². The maximum Gasteiger partial charge on any atom is 0.0738 e. The van der Waals surface area contributed by atoms with Crippen molar-refractivity contribution in [3.8, 4) is 0 Å². The van der Waals surface area contributed by atoms with Gasteiger partial charge in [0, 0.05) is 19.6 Å². The molecule has 0 aromatic carbocycles. The first-order valence-corrected chi connectivity index (χ1v) is 7.64. The molecule has 0 aliphatic heterocycles. The minimum absolute atomic E-state index is 0.451. The minimum atomic E-state index is 0.451. The van der Waals surface area contributed by atoms with Crippen LogP contribution in [0.4, 0.5) is 0 Å². The molecule has 2 rings (SSSR count). The number of halogens is 1. The van der Waals surface area contributed by atoms with E-state index in [-0.39, 0.29) is 0 Å². The van der Waals surface area contributed by atoms with Crippen molar-refractivity contribution < 1.29 is 0 Å². The lowest BCUT2D eigenvalue weighted by Gasteiger charge is -2.43. The van der Waals surface area contributed by atoms with E-state index in [0.717, 1.165) is 18.7 Å². The van der Waals surface area contributed by atoms with Gasteiger partial charge in [-0.2, -0.15) is 5.10 Å². The average Bonchev–Trinajstić information content (AvgIpc) is 2.47. The van der Waals surface area contributed by atoms with E-state index >= 15 is 0 Å². The molecule has 1 fully saturated rings. The predicted octanol–water partition coefficient (Wildman–Crippen LogP) is 3.20. The third kappa shape index (κ3) is 2.80. The van der Waals surface area contributed by atoms with E-state index in [1.807, 2.05) is 4.68 Å². The summed E-state index contributed by atoms with van der Waals surface area (Å²) < 4.78 is 3.23. The monoisotopic (exact) mass is 313 g/mol. The molecule has 0 radical (unpaired) electrons. The highest BCUT2D eigenvalue weighted by molar-refractivity contribution is 9.10. The molecule has 0 saturated heterocycles. The average molecular weight is 314 g/mol. The molecular formula is C14H24BrN3. The fraction of sp³-hybridized carbons (Fsp3) is 0.786.